The molecule has 3 aromatic carbocycles. The van der Waals surface area contributed by atoms with E-state index in [-0.39, 0.29) is 0 Å². The van der Waals surface area contributed by atoms with Gasteiger partial charge >= 0.3 is 0 Å². The Bertz CT molecular complexity index is 1150. The Labute approximate surface area is 176 Å². The van der Waals surface area contributed by atoms with Gasteiger partial charge in [0.05, 0.1) is 25.4 Å². The zero-order chi connectivity index (χ0) is 20.2. The van der Waals surface area contributed by atoms with Crippen LogP contribution in [-0.4, -0.2) is 24.2 Å². The fourth-order valence-electron chi connectivity index (χ4n) is 2.90. The van der Waals surface area contributed by atoms with Crippen LogP contribution in [0.25, 0.3) is 10.9 Å². The summed E-state index contributed by atoms with van der Waals surface area (Å²) in [5.41, 5.74) is 1.56. The summed E-state index contributed by atoms with van der Waals surface area (Å²) in [4.78, 5) is 8.75. The van der Waals surface area contributed by atoms with E-state index in [1.165, 1.54) is 6.33 Å². The third kappa shape index (κ3) is 4.09. The van der Waals surface area contributed by atoms with E-state index in [0.29, 0.717) is 23.1 Å². The van der Waals surface area contributed by atoms with Crippen molar-refractivity contribution in [2.75, 3.05) is 19.5 Å². The molecule has 1 aromatic heterocycles. The molecule has 0 amide bonds. The lowest BCUT2D eigenvalue weighted by atomic mass is 10.2. The molecular formula is C22H18BrN3O3. The molecule has 6 nitrogen and oxygen atoms in total. The van der Waals surface area contributed by atoms with Crippen LogP contribution in [0.2, 0.25) is 0 Å². The standard InChI is InChI=1S/C22H18BrN3O3/c1-27-20-11-16-18(12-21(20)28-2)24-13-25-22(16)26-19-10-15(8-9-17(19)23)29-14-6-4-3-5-7-14/h3-13H,1-2H3,(H,24,25,26). The van der Waals surface area contributed by atoms with Crippen molar-refractivity contribution in [3.63, 3.8) is 0 Å². The zero-order valence-electron chi connectivity index (χ0n) is 15.8. The molecule has 0 atom stereocenters. The second-order valence-corrected chi connectivity index (χ2v) is 6.98. The monoisotopic (exact) mass is 451 g/mol. The summed E-state index contributed by atoms with van der Waals surface area (Å²) >= 11 is 3.58. The zero-order valence-corrected chi connectivity index (χ0v) is 17.4. The number of benzene rings is 3. The molecule has 1 heterocycles. The van der Waals surface area contributed by atoms with Crippen molar-refractivity contribution in [1.82, 2.24) is 9.97 Å². The normalized spacial score (nSPS) is 10.6. The molecule has 0 saturated heterocycles. The highest BCUT2D eigenvalue weighted by atomic mass is 79.9. The van der Waals surface area contributed by atoms with Gasteiger partial charge in [-0.2, -0.15) is 0 Å². The second-order valence-electron chi connectivity index (χ2n) is 6.13. The van der Waals surface area contributed by atoms with Crippen LogP contribution >= 0.6 is 15.9 Å². The van der Waals surface area contributed by atoms with Crippen molar-refractivity contribution < 1.29 is 14.2 Å². The molecule has 0 aliphatic carbocycles. The van der Waals surface area contributed by atoms with Gasteiger partial charge in [-0.05, 0) is 46.3 Å². The summed E-state index contributed by atoms with van der Waals surface area (Å²) in [6, 6.07) is 19.0. The highest BCUT2D eigenvalue weighted by molar-refractivity contribution is 9.10. The van der Waals surface area contributed by atoms with Crippen molar-refractivity contribution in [2.45, 2.75) is 0 Å². The van der Waals surface area contributed by atoms with Crippen molar-refractivity contribution in [1.29, 1.82) is 0 Å². The Morgan fingerprint density at radius 2 is 1.59 bits per heavy atom. The first kappa shape index (κ1) is 19.0. The van der Waals surface area contributed by atoms with Gasteiger partial charge in [-0.1, -0.05) is 18.2 Å². The molecule has 0 saturated carbocycles. The minimum atomic E-state index is 0.609. The summed E-state index contributed by atoms with van der Waals surface area (Å²) in [6.07, 6.45) is 1.51. The number of ether oxygens (including phenoxy) is 3. The van der Waals surface area contributed by atoms with Gasteiger partial charge in [0.2, 0.25) is 0 Å². The summed E-state index contributed by atoms with van der Waals surface area (Å²) < 4.78 is 17.6. The van der Waals surface area contributed by atoms with E-state index in [0.717, 1.165) is 26.8 Å². The molecule has 0 unspecified atom stereocenters. The van der Waals surface area contributed by atoms with Gasteiger partial charge in [-0.3, -0.25) is 0 Å². The largest absolute Gasteiger partial charge is 0.493 e. The number of fused-ring (bicyclic) bond motifs is 1. The molecule has 0 aliphatic rings. The van der Waals surface area contributed by atoms with E-state index in [1.807, 2.05) is 60.7 Å². The number of anilines is 2. The van der Waals surface area contributed by atoms with E-state index >= 15 is 0 Å². The van der Waals surface area contributed by atoms with Crippen LogP contribution in [0.4, 0.5) is 11.5 Å². The number of hydrogen-bond acceptors (Lipinski definition) is 6. The third-order valence-corrected chi connectivity index (χ3v) is 5.00. The quantitative estimate of drug-likeness (QED) is 0.390. The van der Waals surface area contributed by atoms with Crippen LogP contribution in [0, 0.1) is 0 Å². The molecule has 0 bridgehead atoms. The van der Waals surface area contributed by atoms with E-state index < -0.39 is 0 Å². The molecule has 4 rings (SSSR count). The molecule has 0 spiro atoms. The molecule has 0 radical (unpaired) electrons. The van der Waals surface area contributed by atoms with Gasteiger partial charge in [0.1, 0.15) is 23.6 Å². The number of nitrogens with zero attached hydrogens (tertiary/aromatic N) is 2. The molecule has 146 valence electrons. The van der Waals surface area contributed by atoms with Gasteiger partial charge in [0, 0.05) is 22.0 Å². The maximum atomic E-state index is 5.94. The van der Waals surface area contributed by atoms with Crippen molar-refractivity contribution in [3.05, 3.63) is 71.5 Å². The summed E-state index contributed by atoms with van der Waals surface area (Å²) in [7, 11) is 3.20. The Morgan fingerprint density at radius 3 is 2.34 bits per heavy atom. The Balaban J connectivity index is 1.70. The van der Waals surface area contributed by atoms with Crippen molar-refractivity contribution >= 4 is 38.3 Å². The number of rotatable bonds is 6. The Morgan fingerprint density at radius 1 is 0.828 bits per heavy atom. The minimum absolute atomic E-state index is 0.609. The van der Waals surface area contributed by atoms with Crippen LogP contribution < -0.4 is 19.5 Å². The highest BCUT2D eigenvalue weighted by Crippen LogP contribution is 2.36. The Hall–Kier alpha value is -3.32. The van der Waals surface area contributed by atoms with Crippen LogP contribution in [0.15, 0.2) is 71.5 Å². The molecular weight excluding hydrogens is 434 g/mol. The van der Waals surface area contributed by atoms with E-state index in [9.17, 15) is 0 Å². The lowest BCUT2D eigenvalue weighted by molar-refractivity contribution is 0.356. The Kier molecular flexibility index (Phi) is 5.48. The van der Waals surface area contributed by atoms with Gasteiger partial charge in [-0.15, -0.1) is 0 Å². The molecule has 0 aliphatic heterocycles. The maximum absolute atomic E-state index is 5.94. The lowest BCUT2D eigenvalue weighted by Gasteiger charge is -2.14. The first-order chi connectivity index (χ1) is 14.2. The predicted octanol–water partition coefficient (Wildman–Crippen LogP) is 5.95. The van der Waals surface area contributed by atoms with Gasteiger partial charge in [-0.25, -0.2) is 9.97 Å². The topological polar surface area (TPSA) is 65.5 Å². The van der Waals surface area contributed by atoms with Crippen LogP contribution in [0.3, 0.4) is 0 Å². The molecule has 1 N–H and O–H groups in total. The lowest BCUT2D eigenvalue weighted by Crippen LogP contribution is -1.99. The highest BCUT2D eigenvalue weighted by Gasteiger charge is 2.12. The molecule has 7 heteroatoms. The van der Waals surface area contributed by atoms with Crippen molar-refractivity contribution in [3.8, 4) is 23.0 Å². The average molecular weight is 452 g/mol. The summed E-state index contributed by atoms with van der Waals surface area (Å²) in [5, 5.41) is 4.17. The van der Waals surface area contributed by atoms with Gasteiger partial charge in [0.15, 0.2) is 11.5 Å². The molecule has 0 fully saturated rings. The fraction of sp³-hybridized carbons (Fsp3) is 0.0909. The van der Waals surface area contributed by atoms with Gasteiger partial charge in [0.25, 0.3) is 0 Å². The van der Waals surface area contributed by atoms with Crippen LogP contribution in [-0.2, 0) is 0 Å². The number of halogens is 1. The van der Waals surface area contributed by atoms with Crippen LogP contribution in [0.5, 0.6) is 23.0 Å². The number of hydrogen-bond donors (Lipinski definition) is 1. The third-order valence-electron chi connectivity index (χ3n) is 4.31. The van der Waals surface area contributed by atoms with E-state index in [2.05, 4.69) is 31.2 Å². The number of aromatic nitrogens is 2. The minimum Gasteiger partial charge on any atom is -0.493 e. The fourth-order valence-corrected chi connectivity index (χ4v) is 3.24. The predicted molar refractivity (Wildman–Crippen MR) is 117 cm³/mol. The molecule has 29 heavy (non-hydrogen) atoms. The smallest absolute Gasteiger partial charge is 0.162 e. The first-order valence-electron chi connectivity index (χ1n) is 8.84. The van der Waals surface area contributed by atoms with E-state index in [1.54, 1.807) is 14.2 Å². The van der Waals surface area contributed by atoms with E-state index in [4.69, 9.17) is 14.2 Å². The summed E-state index contributed by atoms with van der Waals surface area (Å²) in [5.74, 6) is 3.35. The van der Waals surface area contributed by atoms with Crippen LogP contribution in [0.1, 0.15) is 0 Å². The summed E-state index contributed by atoms with van der Waals surface area (Å²) in [6.45, 7) is 0. The van der Waals surface area contributed by atoms with Gasteiger partial charge < -0.3 is 19.5 Å². The maximum Gasteiger partial charge on any atom is 0.162 e. The van der Waals surface area contributed by atoms with Crippen molar-refractivity contribution in [2.24, 2.45) is 0 Å². The second kappa shape index (κ2) is 8.36. The average Bonchev–Trinajstić information content (AvgIpc) is 2.76. The number of nitrogens with one attached hydrogen (secondary N) is 1. The number of para-hydroxylation sites is 1. The molecule has 4 aromatic rings. The first-order valence-corrected chi connectivity index (χ1v) is 9.63. The SMILES string of the molecule is COc1cc2ncnc(Nc3cc(Oc4ccccc4)ccc3Br)c2cc1OC. The number of methoxy groups -OCH3 is 2.